The minimum atomic E-state index is -4.67. The van der Waals surface area contributed by atoms with Crippen molar-refractivity contribution >= 4 is 27.9 Å². The highest BCUT2D eigenvalue weighted by molar-refractivity contribution is 9.09. The van der Waals surface area contributed by atoms with Crippen molar-refractivity contribution in [2.45, 2.75) is 11.0 Å². The second kappa shape index (κ2) is 4.75. The summed E-state index contributed by atoms with van der Waals surface area (Å²) in [7, 11) is 0. The van der Waals surface area contributed by atoms with Gasteiger partial charge in [-0.25, -0.2) is 0 Å². The van der Waals surface area contributed by atoms with Crippen molar-refractivity contribution in [1.82, 2.24) is 0 Å². The van der Waals surface area contributed by atoms with Crippen LogP contribution < -0.4 is 5.73 Å². The molecular weight excluding hydrogens is 301 g/mol. The first-order valence-electron chi connectivity index (χ1n) is 4.31. The predicted molar refractivity (Wildman–Crippen MR) is 58.3 cm³/mol. The third-order valence-corrected chi connectivity index (χ3v) is 2.81. The Bertz CT molecular complexity index is 494. The summed E-state index contributed by atoms with van der Waals surface area (Å²) in [5.74, 6) is 0. The average Bonchev–Trinajstić information content (AvgIpc) is 2.26. The van der Waals surface area contributed by atoms with Gasteiger partial charge in [0.15, 0.2) is 0 Å². The van der Waals surface area contributed by atoms with Crippen LogP contribution in [0.3, 0.4) is 0 Å². The molecule has 2 N–H and O–H groups in total. The lowest BCUT2D eigenvalue weighted by molar-refractivity contribution is -0.137. The maximum absolute atomic E-state index is 12.6. The quantitative estimate of drug-likeness (QED) is 0.519. The predicted octanol–water partition coefficient (Wildman–Crippen LogP) is 2.79. The summed E-state index contributed by atoms with van der Waals surface area (Å²) >= 11 is 2.89. The van der Waals surface area contributed by atoms with Gasteiger partial charge in [0.25, 0.3) is 0 Å². The van der Waals surface area contributed by atoms with Crippen molar-refractivity contribution < 1.29 is 18.0 Å². The molecule has 0 aliphatic carbocycles. The van der Waals surface area contributed by atoms with Crippen molar-refractivity contribution in [2.75, 3.05) is 5.73 Å². The van der Waals surface area contributed by atoms with Gasteiger partial charge in [0, 0.05) is 0 Å². The van der Waals surface area contributed by atoms with Gasteiger partial charge in [-0.2, -0.15) is 18.4 Å². The lowest BCUT2D eigenvalue weighted by atomic mass is 10.0. The fraction of sp³-hybridized carbons (Fsp3) is 0.200. The molecule has 1 aromatic carbocycles. The largest absolute Gasteiger partial charge is 0.418 e. The van der Waals surface area contributed by atoms with Crippen LogP contribution in [0.1, 0.15) is 21.5 Å². The molecule has 3 nitrogen and oxygen atoms in total. The standard InChI is InChI=1S/C10H6BrF3N2O/c11-8(4-17)5-1-6(3-15)9(16)7(2-5)10(12,13)14/h1-2,4,8H,16H2. The molecular formula is C10H6BrF3N2O. The van der Waals surface area contributed by atoms with Crippen LogP contribution in [0.5, 0.6) is 0 Å². The Morgan fingerprint density at radius 1 is 1.47 bits per heavy atom. The summed E-state index contributed by atoms with van der Waals surface area (Å²) in [6.45, 7) is 0. The highest BCUT2D eigenvalue weighted by Crippen LogP contribution is 2.37. The number of nitriles is 1. The number of halogens is 4. The molecule has 7 heteroatoms. The summed E-state index contributed by atoms with van der Waals surface area (Å²) in [5.41, 5.74) is 3.24. The maximum atomic E-state index is 12.6. The molecule has 0 aromatic heterocycles. The van der Waals surface area contributed by atoms with Crippen LogP contribution in [0, 0.1) is 11.3 Å². The van der Waals surface area contributed by atoms with Crippen LogP contribution in [0.15, 0.2) is 12.1 Å². The zero-order valence-corrected chi connectivity index (χ0v) is 9.84. The first-order chi connectivity index (χ1) is 7.81. The molecule has 0 amide bonds. The van der Waals surface area contributed by atoms with E-state index in [1.54, 1.807) is 6.07 Å². The van der Waals surface area contributed by atoms with Gasteiger partial charge in [-0.05, 0) is 17.7 Å². The van der Waals surface area contributed by atoms with E-state index in [1.807, 2.05) is 0 Å². The molecule has 0 spiro atoms. The molecule has 1 aromatic rings. The number of aldehydes is 1. The van der Waals surface area contributed by atoms with Crippen LogP contribution in [-0.2, 0) is 11.0 Å². The number of anilines is 1. The van der Waals surface area contributed by atoms with E-state index in [-0.39, 0.29) is 11.1 Å². The number of nitrogens with zero attached hydrogens (tertiary/aromatic N) is 1. The molecule has 0 fully saturated rings. The minimum Gasteiger partial charge on any atom is -0.397 e. The van der Waals surface area contributed by atoms with E-state index in [9.17, 15) is 18.0 Å². The monoisotopic (exact) mass is 306 g/mol. The van der Waals surface area contributed by atoms with Gasteiger partial charge < -0.3 is 10.5 Å². The number of nitrogen functional groups attached to an aromatic ring is 1. The summed E-state index contributed by atoms with van der Waals surface area (Å²) in [6.07, 6.45) is -4.24. The van der Waals surface area contributed by atoms with Crippen LogP contribution in [0.25, 0.3) is 0 Å². The Labute approximate surface area is 103 Å². The SMILES string of the molecule is N#Cc1cc(C(Br)C=O)cc(C(F)(F)F)c1N. The Morgan fingerprint density at radius 2 is 2.06 bits per heavy atom. The number of carbonyl (C=O) groups excluding carboxylic acids is 1. The van der Waals surface area contributed by atoms with Gasteiger partial charge in [-0.3, -0.25) is 0 Å². The van der Waals surface area contributed by atoms with E-state index in [4.69, 9.17) is 11.0 Å². The highest BCUT2D eigenvalue weighted by Gasteiger charge is 2.34. The molecule has 0 aliphatic heterocycles. The Morgan fingerprint density at radius 3 is 2.47 bits per heavy atom. The smallest absolute Gasteiger partial charge is 0.397 e. The molecule has 0 heterocycles. The van der Waals surface area contributed by atoms with Crippen molar-refractivity contribution in [3.8, 4) is 6.07 Å². The van der Waals surface area contributed by atoms with E-state index in [0.29, 0.717) is 6.29 Å². The number of nitrogens with two attached hydrogens (primary N) is 1. The lowest BCUT2D eigenvalue weighted by Crippen LogP contribution is -2.11. The van der Waals surface area contributed by atoms with E-state index in [0.717, 1.165) is 12.1 Å². The van der Waals surface area contributed by atoms with Gasteiger partial charge in [0.1, 0.15) is 12.4 Å². The second-order valence-electron chi connectivity index (χ2n) is 3.18. The Balaban J connectivity index is 3.51. The van der Waals surface area contributed by atoms with E-state index < -0.39 is 22.3 Å². The van der Waals surface area contributed by atoms with Crippen LogP contribution in [0.4, 0.5) is 18.9 Å². The van der Waals surface area contributed by atoms with Gasteiger partial charge in [-0.15, -0.1) is 0 Å². The topological polar surface area (TPSA) is 66.9 Å². The van der Waals surface area contributed by atoms with Crippen LogP contribution >= 0.6 is 15.9 Å². The molecule has 0 radical (unpaired) electrons. The fourth-order valence-electron chi connectivity index (χ4n) is 1.24. The first-order valence-corrected chi connectivity index (χ1v) is 5.23. The maximum Gasteiger partial charge on any atom is 0.418 e. The number of benzene rings is 1. The second-order valence-corrected chi connectivity index (χ2v) is 4.16. The van der Waals surface area contributed by atoms with E-state index in [2.05, 4.69) is 15.9 Å². The lowest BCUT2D eigenvalue weighted by Gasteiger charge is -2.14. The molecule has 90 valence electrons. The Kier molecular flexibility index (Phi) is 3.78. The summed E-state index contributed by atoms with van der Waals surface area (Å²) < 4.78 is 37.9. The Hall–Kier alpha value is -1.55. The molecule has 0 aliphatic rings. The third-order valence-electron chi connectivity index (χ3n) is 2.07. The molecule has 1 atom stereocenters. The van der Waals surface area contributed by atoms with Crippen molar-refractivity contribution in [1.29, 1.82) is 5.26 Å². The first kappa shape index (κ1) is 13.5. The van der Waals surface area contributed by atoms with Crippen LogP contribution in [0.2, 0.25) is 0 Å². The zero-order valence-electron chi connectivity index (χ0n) is 8.25. The van der Waals surface area contributed by atoms with E-state index >= 15 is 0 Å². The van der Waals surface area contributed by atoms with E-state index in [1.165, 1.54) is 0 Å². The summed E-state index contributed by atoms with van der Waals surface area (Å²) in [6, 6.07) is 3.47. The number of alkyl halides is 4. The molecule has 0 bridgehead atoms. The normalized spacial score (nSPS) is 12.9. The highest BCUT2D eigenvalue weighted by atomic mass is 79.9. The van der Waals surface area contributed by atoms with Gasteiger partial charge in [0.05, 0.1) is 21.6 Å². The third kappa shape index (κ3) is 2.77. The van der Waals surface area contributed by atoms with Gasteiger partial charge in [-0.1, -0.05) is 15.9 Å². The number of hydrogen-bond acceptors (Lipinski definition) is 3. The fourth-order valence-corrected chi connectivity index (χ4v) is 1.50. The van der Waals surface area contributed by atoms with Crippen molar-refractivity contribution in [3.05, 3.63) is 28.8 Å². The summed E-state index contributed by atoms with van der Waals surface area (Å²) in [4.78, 5) is 9.60. The number of rotatable bonds is 2. The molecule has 0 saturated heterocycles. The van der Waals surface area contributed by atoms with Crippen molar-refractivity contribution in [3.63, 3.8) is 0 Å². The van der Waals surface area contributed by atoms with Crippen molar-refractivity contribution in [2.24, 2.45) is 0 Å². The zero-order chi connectivity index (χ0) is 13.2. The number of hydrogen-bond donors (Lipinski definition) is 1. The summed E-state index contributed by atoms with van der Waals surface area (Å²) in [5, 5.41) is 8.69. The van der Waals surface area contributed by atoms with Gasteiger partial charge in [0.2, 0.25) is 0 Å². The molecule has 1 rings (SSSR count). The molecule has 17 heavy (non-hydrogen) atoms. The number of carbonyl (C=O) groups is 1. The molecule has 0 saturated carbocycles. The molecule has 1 unspecified atom stereocenters. The van der Waals surface area contributed by atoms with Crippen LogP contribution in [-0.4, -0.2) is 6.29 Å². The average molecular weight is 307 g/mol. The van der Waals surface area contributed by atoms with Gasteiger partial charge >= 0.3 is 6.18 Å². The minimum absolute atomic E-state index is 0.0399.